The maximum Gasteiger partial charge on any atom is 0.291 e. The number of nitrogens with zero attached hydrogens (tertiary/aromatic N) is 2. The lowest BCUT2D eigenvalue weighted by Gasteiger charge is -2.13. The molecule has 1 aromatic heterocycles. The number of nitrogens with one attached hydrogen (secondary N) is 2. The molecule has 0 aliphatic heterocycles. The van der Waals surface area contributed by atoms with E-state index in [1.54, 1.807) is 0 Å². The highest BCUT2D eigenvalue weighted by Crippen LogP contribution is 2.30. The lowest BCUT2D eigenvalue weighted by Crippen LogP contribution is -2.22. The number of hydrazone groups is 1. The number of non-ortho nitro benzene ring substituents is 1. The molecule has 9 nitrogen and oxygen atoms in total. The number of nitro groups is 1. The summed E-state index contributed by atoms with van der Waals surface area (Å²) < 4.78 is 5.93. The molecule has 0 spiro atoms. The smallest absolute Gasteiger partial charge is 0.291 e. The number of anilines is 1. The third-order valence-corrected chi connectivity index (χ3v) is 5.81. The van der Waals surface area contributed by atoms with Crippen molar-refractivity contribution in [3.63, 3.8) is 0 Å². The summed E-state index contributed by atoms with van der Waals surface area (Å²) in [5.74, 6) is 0.0834. The minimum atomic E-state index is -0.526. The zero-order valence-electron chi connectivity index (χ0n) is 18.9. The van der Waals surface area contributed by atoms with Crippen LogP contribution in [0.2, 0.25) is 0 Å². The molecule has 1 heterocycles. The first-order valence-electron chi connectivity index (χ1n) is 11.0. The molecule has 2 N–H and O–H groups in total. The maximum absolute atomic E-state index is 13.0. The number of fused-ring (bicyclic) bond motifs is 1. The summed E-state index contributed by atoms with van der Waals surface area (Å²) in [6, 6.07) is 12.9. The first kappa shape index (κ1) is 22.9. The van der Waals surface area contributed by atoms with E-state index in [1.165, 1.54) is 24.3 Å². The number of para-hydroxylation sites is 1. The first-order valence-corrected chi connectivity index (χ1v) is 11.0. The number of furan rings is 1. The maximum atomic E-state index is 13.0. The Hall–Kier alpha value is -4.27. The van der Waals surface area contributed by atoms with Gasteiger partial charge in [-0.25, -0.2) is 5.43 Å². The van der Waals surface area contributed by atoms with Crippen molar-refractivity contribution >= 4 is 28.9 Å². The summed E-state index contributed by atoms with van der Waals surface area (Å²) in [5, 5.41) is 18.0. The van der Waals surface area contributed by atoms with Crippen LogP contribution in [0.25, 0.3) is 0 Å². The van der Waals surface area contributed by atoms with Crippen LogP contribution in [0.4, 0.5) is 11.4 Å². The Labute approximate surface area is 196 Å². The Morgan fingerprint density at radius 3 is 2.53 bits per heavy atom. The van der Waals surface area contributed by atoms with Crippen LogP contribution in [-0.2, 0) is 12.8 Å². The van der Waals surface area contributed by atoms with Crippen LogP contribution < -0.4 is 10.7 Å². The van der Waals surface area contributed by atoms with Gasteiger partial charge in [-0.15, -0.1) is 0 Å². The highest BCUT2D eigenvalue weighted by atomic mass is 16.6. The van der Waals surface area contributed by atoms with Crippen LogP contribution in [0.1, 0.15) is 63.1 Å². The second-order valence-corrected chi connectivity index (χ2v) is 7.98. The normalized spacial score (nSPS) is 13.9. The Morgan fingerprint density at radius 1 is 1.09 bits per heavy atom. The van der Waals surface area contributed by atoms with Gasteiger partial charge in [0.05, 0.1) is 10.6 Å². The molecule has 0 bridgehead atoms. The van der Waals surface area contributed by atoms with E-state index in [9.17, 15) is 19.7 Å². The molecule has 2 aromatic carbocycles. The highest BCUT2D eigenvalue weighted by molar-refractivity contribution is 6.09. The van der Waals surface area contributed by atoms with E-state index in [4.69, 9.17) is 4.42 Å². The summed E-state index contributed by atoms with van der Waals surface area (Å²) in [4.78, 5) is 35.7. The fourth-order valence-electron chi connectivity index (χ4n) is 4.04. The zero-order valence-corrected chi connectivity index (χ0v) is 18.9. The summed E-state index contributed by atoms with van der Waals surface area (Å²) in [7, 11) is 0. The van der Waals surface area contributed by atoms with E-state index in [-0.39, 0.29) is 22.9 Å². The lowest BCUT2D eigenvalue weighted by atomic mass is 9.93. The van der Waals surface area contributed by atoms with Crippen molar-refractivity contribution in [2.75, 3.05) is 5.32 Å². The molecule has 0 saturated heterocycles. The number of hydrogen-bond donors (Lipinski definition) is 2. The molecule has 0 unspecified atom stereocenters. The molecule has 0 fully saturated rings. The topological polar surface area (TPSA) is 127 Å². The molecule has 0 saturated carbocycles. The van der Waals surface area contributed by atoms with Crippen LogP contribution in [0.15, 0.2) is 58.0 Å². The van der Waals surface area contributed by atoms with Gasteiger partial charge in [0.25, 0.3) is 17.5 Å². The predicted molar refractivity (Wildman–Crippen MR) is 127 cm³/mol. The summed E-state index contributed by atoms with van der Waals surface area (Å²) in [5.41, 5.74) is 6.49. The highest BCUT2D eigenvalue weighted by Gasteiger charge is 2.28. The van der Waals surface area contributed by atoms with E-state index in [0.717, 1.165) is 29.7 Å². The van der Waals surface area contributed by atoms with Crippen molar-refractivity contribution in [3.05, 3.63) is 92.4 Å². The van der Waals surface area contributed by atoms with Gasteiger partial charge in [0.2, 0.25) is 0 Å². The molecular formula is C25H24N4O5. The molecule has 0 atom stereocenters. The van der Waals surface area contributed by atoms with Gasteiger partial charge in [-0.3, -0.25) is 19.7 Å². The van der Waals surface area contributed by atoms with Gasteiger partial charge < -0.3 is 9.73 Å². The van der Waals surface area contributed by atoms with Gasteiger partial charge in [0.15, 0.2) is 5.76 Å². The number of aryl methyl sites for hydroxylation is 2. The van der Waals surface area contributed by atoms with E-state index in [2.05, 4.69) is 15.8 Å². The summed E-state index contributed by atoms with van der Waals surface area (Å²) >= 11 is 0. The summed E-state index contributed by atoms with van der Waals surface area (Å²) in [6.07, 6.45) is 2.85. The lowest BCUT2D eigenvalue weighted by molar-refractivity contribution is -0.384. The molecule has 9 heteroatoms. The standard InChI is InChI=1S/C25H24N4O5/c1-3-16-7-4-5-8-19(16)26-25(31)23-15(2)22-20(9-6-10-21(22)34-23)27-28-24(30)17-11-13-18(14-12-17)29(32)33/h4-5,7-8,11-14H,3,6,9-10H2,1-2H3,(H,26,31)(H,28,30)/b27-20+. The number of carbonyl (C=O) groups is 2. The molecule has 2 amide bonds. The predicted octanol–water partition coefficient (Wildman–Crippen LogP) is 4.78. The second-order valence-electron chi connectivity index (χ2n) is 7.98. The third-order valence-electron chi connectivity index (χ3n) is 5.81. The number of amides is 2. The monoisotopic (exact) mass is 460 g/mol. The van der Waals surface area contributed by atoms with Gasteiger partial charge in [-0.1, -0.05) is 25.1 Å². The SMILES string of the molecule is CCc1ccccc1NC(=O)c1oc2c(c1C)/C(=N/NC(=O)c1ccc([N+](=O)[O-])cc1)CCC2. The number of nitro benzene ring substituents is 1. The van der Waals surface area contributed by atoms with Gasteiger partial charge >= 0.3 is 0 Å². The van der Waals surface area contributed by atoms with Crippen LogP contribution in [0.3, 0.4) is 0 Å². The van der Waals surface area contributed by atoms with E-state index >= 15 is 0 Å². The Balaban J connectivity index is 1.55. The van der Waals surface area contributed by atoms with Crippen molar-refractivity contribution in [3.8, 4) is 0 Å². The van der Waals surface area contributed by atoms with E-state index in [0.29, 0.717) is 29.9 Å². The Bertz CT molecular complexity index is 1290. The van der Waals surface area contributed by atoms with Crippen LogP contribution in [-0.4, -0.2) is 22.4 Å². The summed E-state index contributed by atoms with van der Waals surface area (Å²) in [6.45, 7) is 3.83. The Kier molecular flexibility index (Phi) is 6.53. The number of carbonyl (C=O) groups excluding carboxylic acids is 2. The molecule has 0 radical (unpaired) electrons. The number of benzene rings is 2. The van der Waals surface area contributed by atoms with Crippen LogP contribution in [0, 0.1) is 17.0 Å². The van der Waals surface area contributed by atoms with Crippen molar-refractivity contribution in [2.45, 2.75) is 39.5 Å². The zero-order chi connectivity index (χ0) is 24.2. The van der Waals surface area contributed by atoms with Crippen molar-refractivity contribution in [1.29, 1.82) is 0 Å². The molecule has 1 aliphatic rings. The number of hydrogen-bond acceptors (Lipinski definition) is 6. The average molecular weight is 460 g/mol. The van der Waals surface area contributed by atoms with Gasteiger partial charge in [-0.2, -0.15) is 5.10 Å². The van der Waals surface area contributed by atoms with Crippen molar-refractivity contribution in [2.24, 2.45) is 5.10 Å². The number of rotatable bonds is 6. The molecule has 174 valence electrons. The van der Waals surface area contributed by atoms with Crippen molar-refractivity contribution < 1.29 is 18.9 Å². The van der Waals surface area contributed by atoms with Crippen LogP contribution in [0.5, 0.6) is 0 Å². The first-order chi connectivity index (χ1) is 16.4. The fraction of sp³-hybridized carbons (Fsp3) is 0.240. The molecule has 34 heavy (non-hydrogen) atoms. The third kappa shape index (κ3) is 4.59. The minimum Gasteiger partial charge on any atom is -0.455 e. The Morgan fingerprint density at radius 2 is 1.82 bits per heavy atom. The minimum absolute atomic E-state index is 0.0961. The van der Waals surface area contributed by atoms with Gasteiger partial charge in [-0.05, 0) is 49.9 Å². The van der Waals surface area contributed by atoms with Gasteiger partial charge in [0.1, 0.15) is 5.76 Å². The largest absolute Gasteiger partial charge is 0.455 e. The van der Waals surface area contributed by atoms with Gasteiger partial charge in [0, 0.05) is 40.9 Å². The second kappa shape index (κ2) is 9.70. The van der Waals surface area contributed by atoms with Crippen molar-refractivity contribution in [1.82, 2.24) is 5.43 Å². The quantitative estimate of drug-likeness (QED) is 0.404. The molecule has 3 aromatic rings. The average Bonchev–Trinajstić information content (AvgIpc) is 3.20. The molecule has 1 aliphatic carbocycles. The fourth-order valence-corrected chi connectivity index (χ4v) is 4.04. The molecule has 4 rings (SSSR count). The van der Waals surface area contributed by atoms with E-state index < -0.39 is 10.8 Å². The van der Waals surface area contributed by atoms with E-state index in [1.807, 2.05) is 38.1 Å². The molecular weight excluding hydrogens is 436 g/mol. The van der Waals surface area contributed by atoms with Crippen LogP contribution >= 0.6 is 0 Å².